The van der Waals surface area contributed by atoms with Crippen molar-refractivity contribution in [2.45, 2.75) is 18.6 Å². The zero-order chi connectivity index (χ0) is 20.1. The number of hydrogen-bond donors (Lipinski definition) is 0. The lowest BCUT2D eigenvalue weighted by Gasteiger charge is -2.29. The average Bonchev–Trinajstić information content (AvgIpc) is 2.69. The molecular formula is C23H20F3NO. The molecule has 0 aliphatic heterocycles. The fraction of sp³-hybridized carbons (Fsp3) is 0.174. The molecular weight excluding hydrogens is 363 g/mol. The van der Waals surface area contributed by atoms with Crippen molar-refractivity contribution < 1.29 is 18.0 Å². The molecule has 28 heavy (non-hydrogen) atoms. The second-order valence-corrected chi connectivity index (χ2v) is 6.60. The minimum Gasteiger partial charge on any atom is -0.334 e. The third-order valence-corrected chi connectivity index (χ3v) is 4.62. The molecule has 0 aliphatic carbocycles. The Kier molecular flexibility index (Phi) is 5.83. The SMILES string of the molecule is CN(C(=O)Cc1cccc(C(F)(F)F)c1)C(c1ccccc1)c1ccccc1. The second-order valence-electron chi connectivity index (χ2n) is 6.60. The van der Waals surface area contributed by atoms with E-state index in [1.165, 1.54) is 6.07 Å². The smallest absolute Gasteiger partial charge is 0.334 e. The number of rotatable bonds is 5. The minimum atomic E-state index is -4.43. The van der Waals surface area contributed by atoms with E-state index in [0.717, 1.165) is 23.3 Å². The van der Waals surface area contributed by atoms with Gasteiger partial charge < -0.3 is 4.90 Å². The van der Waals surface area contributed by atoms with E-state index in [2.05, 4.69) is 0 Å². The highest BCUT2D eigenvalue weighted by atomic mass is 19.4. The first-order valence-electron chi connectivity index (χ1n) is 8.88. The molecule has 5 heteroatoms. The number of alkyl halides is 3. The molecule has 0 atom stereocenters. The van der Waals surface area contributed by atoms with Crippen LogP contribution in [0, 0.1) is 0 Å². The summed E-state index contributed by atoms with van der Waals surface area (Å²) >= 11 is 0. The average molecular weight is 383 g/mol. The van der Waals surface area contributed by atoms with Gasteiger partial charge in [-0.2, -0.15) is 13.2 Å². The Labute approximate surface area is 162 Å². The molecule has 0 radical (unpaired) electrons. The van der Waals surface area contributed by atoms with Crippen LogP contribution in [0.2, 0.25) is 0 Å². The van der Waals surface area contributed by atoms with E-state index in [-0.39, 0.29) is 18.4 Å². The monoisotopic (exact) mass is 383 g/mol. The summed E-state index contributed by atoms with van der Waals surface area (Å²) in [6, 6.07) is 23.7. The van der Waals surface area contributed by atoms with E-state index < -0.39 is 11.7 Å². The molecule has 0 N–H and O–H groups in total. The van der Waals surface area contributed by atoms with E-state index in [1.807, 2.05) is 60.7 Å². The molecule has 0 saturated heterocycles. The second kappa shape index (κ2) is 8.30. The summed E-state index contributed by atoms with van der Waals surface area (Å²) in [7, 11) is 1.68. The molecule has 0 aliphatic rings. The maximum Gasteiger partial charge on any atom is 0.416 e. The van der Waals surface area contributed by atoms with E-state index in [1.54, 1.807) is 18.0 Å². The van der Waals surface area contributed by atoms with Crippen molar-refractivity contribution >= 4 is 5.91 Å². The van der Waals surface area contributed by atoms with Crippen molar-refractivity contribution in [3.05, 3.63) is 107 Å². The molecule has 0 bridgehead atoms. The highest BCUT2D eigenvalue weighted by molar-refractivity contribution is 5.79. The van der Waals surface area contributed by atoms with Crippen molar-refractivity contribution in [2.24, 2.45) is 0 Å². The molecule has 3 aromatic carbocycles. The van der Waals surface area contributed by atoms with E-state index in [4.69, 9.17) is 0 Å². The van der Waals surface area contributed by atoms with Crippen LogP contribution in [0.1, 0.15) is 28.3 Å². The quantitative estimate of drug-likeness (QED) is 0.570. The van der Waals surface area contributed by atoms with Gasteiger partial charge in [0, 0.05) is 7.05 Å². The van der Waals surface area contributed by atoms with Gasteiger partial charge in [-0.05, 0) is 22.8 Å². The summed E-state index contributed by atoms with van der Waals surface area (Å²) in [5.41, 5.74) is 1.47. The van der Waals surface area contributed by atoms with Crippen LogP contribution >= 0.6 is 0 Å². The Hall–Kier alpha value is -3.08. The third-order valence-electron chi connectivity index (χ3n) is 4.62. The fourth-order valence-electron chi connectivity index (χ4n) is 3.21. The maximum atomic E-state index is 12.9. The van der Waals surface area contributed by atoms with E-state index >= 15 is 0 Å². The van der Waals surface area contributed by atoms with Gasteiger partial charge in [-0.1, -0.05) is 78.9 Å². The van der Waals surface area contributed by atoms with Gasteiger partial charge in [0.15, 0.2) is 0 Å². The van der Waals surface area contributed by atoms with Crippen molar-refractivity contribution in [1.82, 2.24) is 4.90 Å². The molecule has 0 aromatic heterocycles. The van der Waals surface area contributed by atoms with Crippen LogP contribution in [0.25, 0.3) is 0 Å². The third kappa shape index (κ3) is 4.60. The molecule has 3 rings (SSSR count). The van der Waals surface area contributed by atoms with Gasteiger partial charge in [0.05, 0.1) is 18.0 Å². The Bertz CT molecular complexity index is 884. The number of hydrogen-bond acceptors (Lipinski definition) is 1. The molecule has 0 spiro atoms. The number of likely N-dealkylation sites (N-methyl/N-ethyl adjacent to an activating group) is 1. The number of carbonyl (C=O) groups excluding carboxylic acids is 1. The molecule has 0 saturated carbocycles. The van der Waals surface area contributed by atoms with Crippen LogP contribution in [0.15, 0.2) is 84.9 Å². The van der Waals surface area contributed by atoms with E-state index in [0.29, 0.717) is 5.56 Å². The lowest BCUT2D eigenvalue weighted by molar-refractivity contribution is -0.138. The van der Waals surface area contributed by atoms with Gasteiger partial charge in [-0.25, -0.2) is 0 Å². The predicted molar refractivity (Wildman–Crippen MR) is 103 cm³/mol. The number of nitrogens with zero attached hydrogens (tertiary/aromatic N) is 1. The first kappa shape index (κ1) is 19.7. The lowest BCUT2D eigenvalue weighted by Crippen LogP contribution is -2.33. The first-order valence-corrected chi connectivity index (χ1v) is 8.88. The number of benzene rings is 3. The Morgan fingerprint density at radius 1 is 0.857 bits per heavy atom. The van der Waals surface area contributed by atoms with Crippen LogP contribution in [0.3, 0.4) is 0 Å². The van der Waals surface area contributed by atoms with Gasteiger partial charge in [0.2, 0.25) is 5.91 Å². The summed E-state index contributed by atoms with van der Waals surface area (Å²) in [4.78, 5) is 14.5. The molecule has 2 nitrogen and oxygen atoms in total. The van der Waals surface area contributed by atoms with Crippen molar-refractivity contribution in [3.8, 4) is 0 Å². The standard InChI is InChI=1S/C23H20F3NO/c1-27(21(28)16-17-9-8-14-20(15-17)23(24,25)26)22(18-10-4-2-5-11-18)19-12-6-3-7-13-19/h2-15,22H,16H2,1H3. The van der Waals surface area contributed by atoms with Gasteiger partial charge >= 0.3 is 6.18 Å². The summed E-state index contributed by atoms with van der Waals surface area (Å²) in [5, 5.41) is 0. The number of amides is 1. The van der Waals surface area contributed by atoms with Crippen LogP contribution in [0.5, 0.6) is 0 Å². The topological polar surface area (TPSA) is 20.3 Å². The Morgan fingerprint density at radius 3 is 1.89 bits per heavy atom. The normalized spacial score (nSPS) is 11.5. The summed E-state index contributed by atoms with van der Waals surface area (Å²) in [6.07, 6.45) is -4.53. The van der Waals surface area contributed by atoms with Crippen LogP contribution in [-0.2, 0) is 17.4 Å². The summed E-state index contributed by atoms with van der Waals surface area (Å²) in [5.74, 6) is -0.253. The molecule has 0 heterocycles. The minimum absolute atomic E-state index is 0.101. The van der Waals surface area contributed by atoms with Crippen LogP contribution in [0.4, 0.5) is 13.2 Å². The first-order chi connectivity index (χ1) is 13.4. The Morgan fingerprint density at radius 2 is 1.39 bits per heavy atom. The zero-order valence-electron chi connectivity index (χ0n) is 15.4. The largest absolute Gasteiger partial charge is 0.416 e. The van der Waals surface area contributed by atoms with Gasteiger partial charge in [0.25, 0.3) is 0 Å². The zero-order valence-corrected chi connectivity index (χ0v) is 15.4. The highest BCUT2D eigenvalue weighted by Gasteiger charge is 2.31. The summed E-state index contributed by atoms with van der Waals surface area (Å²) in [6.45, 7) is 0. The van der Waals surface area contributed by atoms with Gasteiger partial charge in [0.1, 0.15) is 0 Å². The molecule has 0 unspecified atom stereocenters. The number of halogens is 3. The molecule has 0 fully saturated rings. The highest BCUT2D eigenvalue weighted by Crippen LogP contribution is 2.31. The van der Waals surface area contributed by atoms with E-state index in [9.17, 15) is 18.0 Å². The molecule has 1 amide bonds. The molecule has 3 aromatic rings. The van der Waals surface area contributed by atoms with Crippen molar-refractivity contribution in [2.75, 3.05) is 7.05 Å². The molecule has 144 valence electrons. The van der Waals surface area contributed by atoms with Gasteiger partial charge in [-0.3, -0.25) is 4.79 Å². The van der Waals surface area contributed by atoms with Crippen molar-refractivity contribution in [3.63, 3.8) is 0 Å². The predicted octanol–water partition coefficient (Wildman–Crippen LogP) is 5.50. The van der Waals surface area contributed by atoms with Crippen molar-refractivity contribution in [1.29, 1.82) is 0 Å². The van der Waals surface area contributed by atoms with Crippen LogP contribution in [-0.4, -0.2) is 17.9 Å². The summed E-state index contributed by atoms with van der Waals surface area (Å²) < 4.78 is 38.8. The van der Waals surface area contributed by atoms with Gasteiger partial charge in [-0.15, -0.1) is 0 Å². The lowest BCUT2D eigenvalue weighted by atomic mass is 9.96. The maximum absolute atomic E-state index is 12.9. The Balaban J connectivity index is 1.87. The van der Waals surface area contributed by atoms with Crippen LogP contribution < -0.4 is 0 Å². The fourth-order valence-corrected chi connectivity index (χ4v) is 3.21. The number of carbonyl (C=O) groups is 1.